The van der Waals surface area contributed by atoms with Gasteiger partial charge in [-0.2, -0.15) is 18.3 Å². The maximum atomic E-state index is 13.7. The Morgan fingerprint density at radius 2 is 2.03 bits per heavy atom. The second-order valence-corrected chi connectivity index (χ2v) is 8.36. The van der Waals surface area contributed by atoms with Crippen LogP contribution < -0.4 is 0 Å². The summed E-state index contributed by atoms with van der Waals surface area (Å²) in [5.74, 6) is -0.324. The number of amides is 1. The van der Waals surface area contributed by atoms with Crippen LogP contribution in [0.3, 0.4) is 0 Å². The molecule has 1 fully saturated rings. The Morgan fingerprint density at radius 1 is 1.29 bits per heavy atom. The van der Waals surface area contributed by atoms with Crippen LogP contribution >= 0.6 is 0 Å². The SMILES string of the molecule is Cc1noc2nc([C@@H]3CCCN(C(=O)c4cc(C(C)C)nn4C)C3)cc(C(F)(F)F)c12. The van der Waals surface area contributed by atoms with Crippen LogP contribution in [0.4, 0.5) is 13.2 Å². The Kier molecular flexibility index (Phi) is 5.26. The van der Waals surface area contributed by atoms with Gasteiger partial charge in [-0.25, -0.2) is 4.98 Å². The second kappa shape index (κ2) is 7.65. The van der Waals surface area contributed by atoms with Crippen LogP contribution in [0, 0.1) is 6.92 Å². The van der Waals surface area contributed by atoms with E-state index in [2.05, 4.69) is 15.2 Å². The molecule has 1 amide bonds. The summed E-state index contributed by atoms with van der Waals surface area (Å²) >= 11 is 0. The van der Waals surface area contributed by atoms with Gasteiger partial charge in [0.1, 0.15) is 5.69 Å². The zero-order valence-corrected chi connectivity index (χ0v) is 17.8. The average Bonchev–Trinajstić information content (AvgIpc) is 3.29. The molecule has 1 atom stereocenters. The van der Waals surface area contributed by atoms with Crippen LogP contribution in [0.15, 0.2) is 16.7 Å². The Hall–Kier alpha value is -2.91. The van der Waals surface area contributed by atoms with Gasteiger partial charge in [0, 0.05) is 26.1 Å². The Bertz CT molecular complexity index is 1130. The van der Waals surface area contributed by atoms with Crippen molar-refractivity contribution >= 4 is 17.0 Å². The number of likely N-dealkylation sites (tertiary alicyclic amines) is 1. The van der Waals surface area contributed by atoms with E-state index >= 15 is 0 Å². The number of rotatable bonds is 3. The average molecular weight is 435 g/mol. The lowest BCUT2D eigenvalue weighted by molar-refractivity contribution is -0.136. The lowest BCUT2D eigenvalue weighted by atomic mass is 9.92. The smallest absolute Gasteiger partial charge is 0.337 e. The first-order chi connectivity index (χ1) is 14.6. The summed E-state index contributed by atoms with van der Waals surface area (Å²) in [6, 6.07) is 2.85. The lowest BCUT2D eigenvalue weighted by Gasteiger charge is -2.32. The number of carbonyl (C=O) groups excluding carboxylic acids is 1. The van der Waals surface area contributed by atoms with Gasteiger partial charge in [-0.3, -0.25) is 9.48 Å². The summed E-state index contributed by atoms with van der Waals surface area (Å²) in [6.45, 7) is 6.28. The molecule has 1 saturated heterocycles. The molecule has 0 radical (unpaired) electrons. The normalized spacial score (nSPS) is 17.7. The van der Waals surface area contributed by atoms with E-state index in [4.69, 9.17) is 4.52 Å². The molecule has 0 aromatic carbocycles. The summed E-state index contributed by atoms with van der Waals surface area (Å²) in [4.78, 5) is 19.1. The predicted octanol–water partition coefficient (Wildman–Crippen LogP) is 4.43. The van der Waals surface area contributed by atoms with Crippen molar-refractivity contribution in [2.45, 2.75) is 51.6 Å². The van der Waals surface area contributed by atoms with Crippen LogP contribution in [0.1, 0.15) is 71.7 Å². The zero-order chi connectivity index (χ0) is 22.5. The highest BCUT2D eigenvalue weighted by molar-refractivity contribution is 5.93. The van der Waals surface area contributed by atoms with Crippen molar-refractivity contribution < 1.29 is 22.5 Å². The summed E-state index contributed by atoms with van der Waals surface area (Å²) in [6.07, 6.45) is -3.25. The number of halogens is 3. The van der Waals surface area contributed by atoms with Gasteiger partial charge in [0.05, 0.1) is 28.0 Å². The highest BCUT2D eigenvalue weighted by Crippen LogP contribution is 2.38. The van der Waals surface area contributed by atoms with Crippen LogP contribution in [0.25, 0.3) is 11.1 Å². The van der Waals surface area contributed by atoms with Crippen LogP contribution in [-0.4, -0.2) is 43.8 Å². The van der Waals surface area contributed by atoms with Crippen molar-refractivity contribution in [3.63, 3.8) is 0 Å². The number of nitrogens with zero attached hydrogens (tertiary/aromatic N) is 5. The third-order valence-electron chi connectivity index (χ3n) is 5.78. The van der Waals surface area contributed by atoms with Gasteiger partial charge in [0.15, 0.2) is 0 Å². The van der Waals surface area contributed by atoms with E-state index in [1.165, 1.54) is 6.92 Å². The molecule has 1 aliphatic rings. The quantitative estimate of drug-likeness (QED) is 0.608. The van der Waals surface area contributed by atoms with Gasteiger partial charge in [0.25, 0.3) is 11.6 Å². The van der Waals surface area contributed by atoms with Crippen molar-refractivity contribution in [2.75, 3.05) is 13.1 Å². The molecule has 3 aromatic rings. The Labute approximate surface area is 177 Å². The third-order valence-corrected chi connectivity index (χ3v) is 5.78. The van der Waals surface area contributed by atoms with Crippen molar-refractivity contribution in [1.82, 2.24) is 24.8 Å². The molecule has 0 N–H and O–H groups in total. The topological polar surface area (TPSA) is 77.1 Å². The fraction of sp³-hybridized carbons (Fsp3) is 0.524. The number of hydrogen-bond donors (Lipinski definition) is 0. The zero-order valence-electron chi connectivity index (χ0n) is 17.8. The number of carbonyl (C=O) groups is 1. The van der Waals surface area contributed by atoms with Gasteiger partial charge in [-0.05, 0) is 37.8 Å². The minimum absolute atomic E-state index is 0.115. The van der Waals surface area contributed by atoms with E-state index < -0.39 is 11.7 Å². The van der Waals surface area contributed by atoms with Gasteiger partial charge < -0.3 is 9.42 Å². The van der Waals surface area contributed by atoms with E-state index in [1.807, 2.05) is 13.8 Å². The number of fused-ring (bicyclic) bond motifs is 1. The molecule has 0 bridgehead atoms. The maximum absolute atomic E-state index is 13.7. The first kappa shape index (κ1) is 21.3. The van der Waals surface area contributed by atoms with Gasteiger partial charge >= 0.3 is 6.18 Å². The Balaban J connectivity index is 1.65. The highest BCUT2D eigenvalue weighted by Gasteiger charge is 2.37. The molecule has 4 rings (SSSR count). The lowest BCUT2D eigenvalue weighted by Crippen LogP contribution is -2.40. The van der Waals surface area contributed by atoms with Crippen molar-refractivity contribution in [2.24, 2.45) is 7.05 Å². The summed E-state index contributed by atoms with van der Waals surface area (Å²) in [5, 5.41) is 7.93. The van der Waals surface area contributed by atoms with Crippen LogP contribution in [-0.2, 0) is 13.2 Å². The number of pyridine rings is 1. The van der Waals surface area contributed by atoms with Crippen molar-refractivity contribution in [3.05, 3.63) is 40.5 Å². The molecule has 1 aliphatic heterocycles. The number of aromatic nitrogens is 4. The van der Waals surface area contributed by atoms with Gasteiger partial charge in [-0.1, -0.05) is 19.0 Å². The molecule has 0 aliphatic carbocycles. The van der Waals surface area contributed by atoms with Crippen molar-refractivity contribution in [3.8, 4) is 0 Å². The molecule has 3 aromatic heterocycles. The van der Waals surface area contributed by atoms with Crippen LogP contribution in [0.5, 0.6) is 0 Å². The third kappa shape index (κ3) is 3.90. The summed E-state index contributed by atoms with van der Waals surface area (Å²) < 4.78 is 47.7. The molecule has 7 nitrogen and oxygen atoms in total. The number of hydrogen-bond acceptors (Lipinski definition) is 5. The minimum Gasteiger partial charge on any atom is -0.337 e. The minimum atomic E-state index is -4.56. The molecule has 10 heteroatoms. The fourth-order valence-electron chi connectivity index (χ4n) is 4.08. The van der Waals surface area contributed by atoms with E-state index in [0.717, 1.165) is 11.8 Å². The number of aryl methyl sites for hydroxylation is 2. The number of alkyl halides is 3. The molecular weight excluding hydrogens is 411 g/mol. The molecule has 31 heavy (non-hydrogen) atoms. The predicted molar refractivity (Wildman–Crippen MR) is 107 cm³/mol. The fourth-order valence-corrected chi connectivity index (χ4v) is 4.08. The Morgan fingerprint density at radius 3 is 2.68 bits per heavy atom. The summed E-state index contributed by atoms with van der Waals surface area (Å²) in [5.41, 5.74) is 0.777. The van der Waals surface area contributed by atoms with Crippen molar-refractivity contribution in [1.29, 1.82) is 0 Å². The van der Waals surface area contributed by atoms with Crippen LogP contribution in [0.2, 0.25) is 0 Å². The van der Waals surface area contributed by atoms with E-state index in [0.29, 0.717) is 25.1 Å². The maximum Gasteiger partial charge on any atom is 0.417 e. The van der Waals surface area contributed by atoms with E-state index in [9.17, 15) is 18.0 Å². The molecule has 0 unspecified atom stereocenters. The second-order valence-electron chi connectivity index (χ2n) is 8.36. The summed E-state index contributed by atoms with van der Waals surface area (Å²) in [7, 11) is 1.72. The largest absolute Gasteiger partial charge is 0.417 e. The molecule has 4 heterocycles. The standard InChI is InChI=1S/C21H24F3N5O2/c1-11(2)15-9-17(28(4)26-15)20(30)29-7-5-6-13(10-29)16-8-14(21(22,23)24)18-12(3)27-31-19(18)25-16/h8-9,11,13H,5-7,10H2,1-4H3/t13-/m1/s1. The highest BCUT2D eigenvalue weighted by atomic mass is 19.4. The van der Waals surface area contributed by atoms with Gasteiger partial charge in [0.2, 0.25) is 0 Å². The first-order valence-electron chi connectivity index (χ1n) is 10.2. The van der Waals surface area contributed by atoms with Gasteiger partial charge in [-0.15, -0.1) is 0 Å². The monoisotopic (exact) mass is 435 g/mol. The first-order valence-corrected chi connectivity index (χ1v) is 10.2. The molecule has 0 spiro atoms. The number of piperidine rings is 1. The van der Waals surface area contributed by atoms with E-state index in [1.54, 1.807) is 22.7 Å². The van der Waals surface area contributed by atoms with E-state index in [-0.39, 0.29) is 46.8 Å². The molecule has 166 valence electrons. The molecule has 0 saturated carbocycles. The molecular formula is C21H24F3N5O2.